The highest BCUT2D eigenvalue weighted by atomic mass is 32.2. The van der Waals surface area contributed by atoms with Crippen molar-refractivity contribution in [1.82, 2.24) is 14.5 Å². The van der Waals surface area contributed by atoms with Gasteiger partial charge in [-0.05, 0) is 31.0 Å². The third-order valence-electron chi connectivity index (χ3n) is 4.90. The SMILES string of the molecule is CCc1cccc(NC(=O)CNC(=O)[C@@]2(C)CN(S(C)(=O)=O)CC(=O)N2C)c1. The first-order valence-corrected chi connectivity index (χ1v) is 10.7. The molecular weight excluding hydrogens is 384 g/mol. The van der Waals surface area contributed by atoms with Gasteiger partial charge in [-0.15, -0.1) is 0 Å². The lowest BCUT2D eigenvalue weighted by atomic mass is 9.96. The summed E-state index contributed by atoms with van der Waals surface area (Å²) in [6.07, 6.45) is 1.82. The average molecular weight is 410 g/mol. The summed E-state index contributed by atoms with van der Waals surface area (Å²) in [6.45, 7) is 2.68. The summed E-state index contributed by atoms with van der Waals surface area (Å²) < 4.78 is 24.6. The van der Waals surface area contributed by atoms with Crippen LogP contribution in [0.25, 0.3) is 0 Å². The Morgan fingerprint density at radius 2 is 1.96 bits per heavy atom. The third-order valence-corrected chi connectivity index (χ3v) is 6.09. The number of likely N-dealkylation sites (N-methyl/N-ethyl adjacent to an activating group) is 1. The van der Waals surface area contributed by atoms with E-state index < -0.39 is 33.3 Å². The summed E-state index contributed by atoms with van der Waals surface area (Å²) in [5.74, 6) is -1.51. The van der Waals surface area contributed by atoms with Gasteiger partial charge in [0.1, 0.15) is 5.54 Å². The summed E-state index contributed by atoms with van der Waals surface area (Å²) in [6, 6.07) is 7.37. The fourth-order valence-corrected chi connectivity index (χ4v) is 3.75. The largest absolute Gasteiger partial charge is 0.345 e. The zero-order valence-electron chi connectivity index (χ0n) is 16.5. The zero-order chi connectivity index (χ0) is 21.1. The normalized spacial score (nSPS) is 20.7. The van der Waals surface area contributed by atoms with Gasteiger partial charge < -0.3 is 15.5 Å². The van der Waals surface area contributed by atoms with Crippen LogP contribution in [0.15, 0.2) is 24.3 Å². The van der Waals surface area contributed by atoms with Gasteiger partial charge in [0.2, 0.25) is 27.7 Å². The topological polar surface area (TPSA) is 116 Å². The molecular formula is C18H26N4O5S. The number of amides is 3. The molecule has 0 bridgehead atoms. The van der Waals surface area contributed by atoms with Crippen LogP contribution in [0.4, 0.5) is 5.69 Å². The highest BCUT2D eigenvalue weighted by Crippen LogP contribution is 2.22. The van der Waals surface area contributed by atoms with Crippen molar-refractivity contribution in [3.05, 3.63) is 29.8 Å². The van der Waals surface area contributed by atoms with Crippen molar-refractivity contribution >= 4 is 33.4 Å². The van der Waals surface area contributed by atoms with E-state index in [1.165, 1.54) is 18.9 Å². The first-order valence-electron chi connectivity index (χ1n) is 8.86. The van der Waals surface area contributed by atoms with Gasteiger partial charge in [-0.1, -0.05) is 19.1 Å². The Labute approximate surface area is 165 Å². The molecule has 1 aromatic rings. The minimum Gasteiger partial charge on any atom is -0.345 e. The molecule has 0 unspecified atom stereocenters. The minimum absolute atomic E-state index is 0.180. The van der Waals surface area contributed by atoms with E-state index >= 15 is 0 Å². The van der Waals surface area contributed by atoms with Crippen molar-refractivity contribution < 1.29 is 22.8 Å². The van der Waals surface area contributed by atoms with Crippen molar-refractivity contribution in [1.29, 1.82) is 0 Å². The molecule has 1 fully saturated rings. The smallest absolute Gasteiger partial charge is 0.247 e. The van der Waals surface area contributed by atoms with E-state index in [1.54, 1.807) is 6.07 Å². The van der Waals surface area contributed by atoms with Gasteiger partial charge in [-0.25, -0.2) is 8.42 Å². The molecule has 154 valence electrons. The molecule has 3 amide bonds. The molecule has 1 aliphatic rings. The van der Waals surface area contributed by atoms with Gasteiger partial charge in [0.05, 0.1) is 19.3 Å². The van der Waals surface area contributed by atoms with Crippen LogP contribution in [0.5, 0.6) is 0 Å². The summed E-state index contributed by atoms with van der Waals surface area (Å²) >= 11 is 0. The Bertz CT molecular complexity index is 886. The second-order valence-electron chi connectivity index (χ2n) is 7.04. The summed E-state index contributed by atoms with van der Waals surface area (Å²) in [7, 11) is -2.20. The third kappa shape index (κ3) is 4.87. The molecule has 0 aliphatic carbocycles. The lowest BCUT2D eigenvalue weighted by Gasteiger charge is -2.44. The van der Waals surface area contributed by atoms with Crippen molar-refractivity contribution in [2.75, 3.05) is 38.3 Å². The number of piperazine rings is 1. The quantitative estimate of drug-likeness (QED) is 0.674. The molecule has 9 nitrogen and oxygen atoms in total. The number of benzene rings is 1. The van der Waals surface area contributed by atoms with Crippen LogP contribution in [0, 0.1) is 0 Å². The first-order chi connectivity index (χ1) is 13.0. The van der Waals surface area contributed by atoms with E-state index in [1.807, 2.05) is 25.1 Å². The van der Waals surface area contributed by atoms with E-state index in [0.717, 1.165) is 22.5 Å². The molecule has 2 rings (SSSR count). The molecule has 1 aliphatic heterocycles. The molecule has 2 N–H and O–H groups in total. The number of aryl methyl sites for hydroxylation is 1. The number of sulfonamides is 1. The van der Waals surface area contributed by atoms with Gasteiger partial charge >= 0.3 is 0 Å². The van der Waals surface area contributed by atoms with E-state index in [-0.39, 0.29) is 19.6 Å². The molecule has 1 aromatic carbocycles. The van der Waals surface area contributed by atoms with Crippen molar-refractivity contribution in [2.45, 2.75) is 25.8 Å². The standard InChI is InChI=1S/C18H26N4O5S/c1-5-13-7-6-8-14(9-13)20-15(23)10-19-17(25)18(2)12-22(28(4,26)27)11-16(24)21(18)3/h6-9H,5,10-12H2,1-4H3,(H,19,25)(H,20,23)/t18-/m1/s1. The number of hydrogen-bond donors (Lipinski definition) is 2. The number of anilines is 1. The Kier molecular flexibility index (Phi) is 6.45. The Morgan fingerprint density at radius 3 is 2.57 bits per heavy atom. The van der Waals surface area contributed by atoms with Gasteiger partial charge in [0.25, 0.3) is 0 Å². The molecule has 0 radical (unpaired) electrons. The fourth-order valence-electron chi connectivity index (χ4n) is 2.92. The van der Waals surface area contributed by atoms with Crippen molar-refractivity contribution in [3.63, 3.8) is 0 Å². The highest BCUT2D eigenvalue weighted by molar-refractivity contribution is 7.88. The van der Waals surface area contributed by atoms with Crippen LogP contribution in [0.1, 0.15) is 19.4 Å². The molecule has 1 saturated heterocycles. The van der Waals surface area contributed by atoms with Gasteiger partial charge in [0, 0.05) is 19.3 Å². The Hall–Kier alpha value is -2.46. The minimum atomic E-state index is -3.64. The average Bonchev–Trinajstić information content (AvgIpc) is 2.63. The van der Waals surface area contributed by atoms with Crippen LogP contribution in [0.3, 0.4) is 0 Å². The van der Waals surface area contributed by atoms with E-state index in [4.69, 9.17) is 0 Å². The number of rotatable bonds is 6. The lowest BCUT2D eigenvalue weighted by Crippen LogP contribution is -2.68. The second kappa shape index (κ2) is 8.27. The number of carbonyl (C=O) groups excluding carboxylic acids is 3. The summed E-state index contributed by atoms with van der Waals surface area (Å²) in [4.78, 5) is 38.2. The zero-order valence-corrected chi connectivity index (χ0v) is 17.3. The maximum atomic E-state index is 12.7. The highest BCUT2D eigenvalue weighted by Gasteiger charge is 2.47. The summed E-state index contributed by atoms with van der Waals surface area (Å²) in [5.41, 5.74) is 0.274. The van der Waals surface area contributed by atoms with Crippen LogP contribution >= 0.6 is 0 Å². The molecule has 0 aromatic heterocycles. The maximum absolute atomic E-state index is 12.7. The lowest BCUT2D eigenvalue weighted by molar-refractivity contribution is -0.150. The number of nitrogens with zero attached hydrogens (tertiary/aromatic N) is 2. The fraction of sp³-hybridized carbons (Fsp3) is 0.500. The monoisotopic (exact) mass is 410 g/mol. The maximum Gasteiger partial charge on any atom is 0.247 e. The number of hydrogen-bond acceptors (Lipinski definition) is 5. The van der Waals surface area contributed by atoms with E-state index in [0.29, 0.717) is 5.69 Å². The Balaban J connectivity index is 2.03. The predicted molar refractivity (Wildman–Crippen MR) is 105 cm³/mol. The van der Waals surface area contributed by atoms with Crippen LogP contribution in [-0.4, -0.2) is 73.8 Å². The van der Waals surface area contributed by atoms with Gasteiger partial charge in [-0.2, -0.15) is 4.31 Å². The van der Waals surface area contributed by atoms with Gasteiger partial charge in [0.15, 0.2) is 0 Å². The van der Waals surface area contributed by atoms with Crippen LogP contribution in [0.2, 0.25) is 0 Å². The predicted octanol–water partition coefficient (Wildman–Crippen LogP) is -0.204. The number of nitrogens with one attached hydrogen (secondary N) is 2. The number of carbonyl (C=O) groups is 3. The van der Waals surface area contributed by atoms with Crippen LogP contribution in [-0.2, 0) is 30.8 Å². The van der Waals surface area contributed by atoms with Gasteiger partial charge in [-0.3, -0.25) is 14.4 Å². The van der Waals surface area contributed by atoms with E-state index in [9.17, 15) is 22.8 Å². The molecule has 0 spiro atoms. The molecule has 0 saturated carbocycles. The molecule has 28 heavy (non-hydrogen) atoms. The molecule has 1 heterocycles. The second-order valence-corrected chi connectivity index (χ2v) is 9.02. The van der Waals surface area contributed by atoms with Crippen LogP contribution < -0.4 is 10.6 Å². The Morgan fingerprint density at radius 1 is 1.29 bits per heavy atom. The molecule has 1 atom stereocenters. The first kappa shape index (κ1) is 21.8. The van der Waals surface area contributed by atoms with Crippen molar-refractivity contribution in [3.8, 4) is 0 Å². The van der Waals surface area contributed by atoms with E-state index in [2.05, 4.69) is 10.6 Å². The molecule has 10 heteroatoms. The van der Waals surface area contributed by atoms with Crippen molar-refractivity contribution in [2.24, 2.45) is 0 Å². The summed E-state index contributed by atoms with van der Waals surface area (Å²) in [5, 5.41) is 5.20.